The third-order valence-corrected chi connectivity index (χ3v) is 8.79. The number of hydrogen-bond acceptors (Lipinski definition) is 7. The predicted molar refractivity (Wildman–Crippen MR) is 167 cm³/mol. The summed E-state index contributed by atoms with van der Waals surface area (Å²) < 4.78 is 12.8. The highest BCUT2D eigenvalue weighted by atomic mass is 32.1. The van der Waals surface area contributed by atoms with Crippen molar-refractivity contribution in [2.24, 2.45) is 0 Å². The summed E-state index contributed by atoms with van der Waals surface area (Å²) in [7, 11) is 0. The number of hydrogen-bond donors (Lipinski definition) is 1. The third kappa shape index (κ3) is 4.73. The number of Topliss-reactive ketones (excluding diaryl/α,β-unsaturated/α-hetero) is 1. The van der Waals surface area contributed by atoms with Crippen LogP contribution in [0.25, 0.3) is 16.0 Å². The zero-order valence-electron chi connectivity index (χ0n) is 23.8. The van der Waals surface area contributed by atoms with Gasteiger partial charge < -0.3 is 14.6 Å². The Kier molecular flexibility index (Phi) is 6.51. The number of anilines is 1. The number of nitrogens with zero attached hydrogens (tertiary/aromatic N) is 2. The van der Waals surface area contributed by atoms with E-state index in [1.807, 2.05) is 87.5 Å². The lowest BCUT2D eigenvalue weighted by atomic mass is 9.94. The number of carbonyl (C=O) groups excluding carboxylic acids is 2. The smallest absolute Gasteiger partial charge is 0.301 e. The van der Waals surface area contributed by atoms with Crippen molar-refractivity contribution in [3.8, 4) is 17.2 Å². The molecular weight excluding hydrogens is 560 g/mol. The van der Waals surface area contributed by atoms with E-state index in [9.17, 15) is 14.7 Å². The molecule has 1 aromatic heterocycles. The number of aliphatic hydroxyl groups excluding tert-OH is 1. The Balaban J connectivity index is 1.39. The number of para-hydroxylation sites is 1. The Morgan fingerprint density at radius 2 is 1.77 bits per heavy atom. The molecule has 214 valence electrons. The van der Waals surface area contributed by atoms with Crippen molar-refractivity contribution in [1.29, 1.82) is 0 Å². The zero-order valence-corrected chi connectivity index (χ0v) is 24.6. The van der Waals surface area contributed by atoms with Crippen molar-refractivity contribution in [2.75, 3.05) is 4.90 Å². The number of amides is 1. The second kappa shape index (κ2) is 10.4. The predicted octanol–water partition coefficient (Wildman–Crippen LogP) is 7.66. The SMILES string of the molecule is Cc1cc(C)c2nc(N3C(=O)C(=O)/C(=C(/O)c4ccc5c(c4)C[C@H](C)O5)[C@@H]3c3cccc(Oc4ccccc4)c3)sc2c1. The molecule has 5 aromatic rings. The van der Waals surface area contributed by atoms with Crippen LogP contribution < -0.4 is 14.4 Å². The Hall–Kier alpha value is -4.95. The number of aliphatic hydroxyl groups is 1. The largest absolute Gasteiger partial charge is 0.507 e. The molecule has 2 aliphatic rings. The van der Waals surface area contributed by atoms with Crippen LogP contribution in [-0.4, -0.2) is 27.9 Å². The highest BCUT2D eigenvalue weighted by Crippen LogP contribution is 2.46. The molecule has 43 heavy (non-hydrogen) atoms. The van der Waals surface area contributed by atoms with E-state index in [4.69, 9.17) is 14.5 Å². The molecule has 1 N–H and O–H groups in total. The van der Waals surface area contributed by atoms with Crippen molar-refractivity contribution >= 4 is 44.1 Å². The van der Waals surface area contributed by atoms with Gasteiger partial charge in [-0.05, 0) is 91.6 Å². The van der Waals surface area contributed by atoms with Gasteiger partial charge in [0.1, 0.15) is 29.1 Å². The van der Waals surface area contributed by atoms with Gasteiger partial charge in [0.2, 0.25) is 0 Å². The van der Waals surface area contributed by atoms with Crippen molar-refractivity contribution in [1.82, 2.24) is 4.98 Å². The maximum atomic E-state index is 13.8. The van der Waals surface area contributed by atoms with Gasteiger partial charge in [-0.15, -0.1) is 0 Å². The molecule has 0 spiro atoms. The standard InChI is InChI=1S/C35H28N2O5S/c1-19-14-20(2)30-28(15-19)43-35(36-30)37-31(22-8-7-11-26(18-22)42-25-9-5-4-6-10-25)29(33(39)34(37)40)32(38)23-12-13-27-24(17-23)16-21(3)41-27/h4-15,17-18,21,31,38H,16H2,1-3H3/b32-29+/t21-,31-/m0/s1. The first-order chi connectivity index (χ1) is 20.8. The number of aryl methyl sites for hydroxylation is 2. The van der Waals surface area contributed by atoms with E-state index in [1.165, 1.54) is 16.2 Å². The van der Waals surface area contributed by atoms with Crippen LogP contribution in [0.15, 0.2) is 90.5 Å². The highest BCUT2D eigenvalue weighted by Gasteiger charge is 2.48. The van der Waals surface area contributed by atoms with Gasteiger partial charge in [0.15, 0.2) is 5.13 Å². The van der Waals surface area contributed by atoms with Crippen LogP contribution in [-0.2, 0) is 16.0 Å². The number of carbonyl (C=O) groups is 2. The van der Waals surface area contributed by atoms with E-state index in [2.05, 4.69) is 0 Å². The molecule has 7 rings (SSSR count). The molecule has 0 unspecified atom stereocenters. The lowest BCUT2D eigenvalue weighted by Gasteiger charge is -2.23. The first-order valence-electron chi connectivity index (χ1n) is 14.1. The molecule has 0 radical (unpaired) electrons. The molecule has 0 aliphatic carbocycles. The molecule has 2 aliphatic heterocycles. The lowest BCUT2D eigenvalue weighted by molar-refractivity contribution is -0.132. The number of benzene rings is 4. The normalized spacial score (nSPS) is 19.1. The van der Waals surface area contributed by atoms with Crippen LogP contribution in [0.4, 0.5) is 5.13 Å². The van der Waals surface area contributed by atoms with Gasteiger partial charge in [-0.3, -0.25) is 14.5 Å². The quantitative estimate of drug-likeness (QED) is 0.129. The molecule has 8 heteroatoms. The molecule has 7 nitrogen and oxygen atoms in total. The Morgan fingerprint density at radius 1 is 0.977 bits per heavy atom. The summed E-state index contributed by atoms with van der Waals surface area (Å²) in [6.07, 6.45) is 0.717. The van der Waals surface area contributed by atoms with E-state index in [0.717, 1.165) is 32.7 Å². The van der Waals surface area contributed by atoms with E-state index in [-0.39, 0.29) is 17.4 Å². The average molecular weight is 589 g/mol. The van der Waals surface area contributed by atoms with E-state index < -0.39 is 17.7 Å². The number of thiazole rings is 1. The van der Waals surface area contributed by atoms with Gasteiger partial charge in [0.25, 0.3) is 5.78 Å². The molecule has 2 atom stereocenters. The molecule has 0 bridgehead atoms. The molecule has 1 fully saturated rings. The summed E-state index contributed by atoms with van der Waals surface area (Å²) in [5.41, 5.74) is 4.85. The summed E-state index contributed by atoms with van der Waals surface area (Å²) in [6.45, 7) is 5.97. The Labute approximate surface area is 252 Å². The van der Waals surface area contributed by atoms with Crippen molar-refractivity contribution in [3.63, 3.8) is 0 Å². The second-order valence-electron chi connectivity index (χ2n) is 11.0. The maximum Gasteiger partial charge on any atom is 0.301 e. The Bertz CT molecular complexity index is 1960. The van der Waals surface area contributed by atoms with Crippen molar-refractivity contribution < 1.29 is 24.2 Å². The number of ether oxygens (including phenoxy) is 2. The highest BCUT2D eigenvalue weighted by molar-refractivity contribution is 7.22. The second-order valence-corrected chi connectivity index (χ2v) is 12.0. The van der Waals surface area contributed by atoms with Crippen LogP contribution in [0.3, 0.4) is 0 Å². The number of ketones is 1. The van der Waals surface area contributed by atoms with E-state index >= 15 is 0 Å². The van der Waals surface area contributed by atoms with Crippen molar-refractivity contribution in [3.05, 3.63) is 118 Å². The molecule has 0 saturated carbocycles. The zero-order chi connectivity index (χ0) is 29.8. The van der Waals surface area contributed by atoms with Crippen LogP contribution >= 0.6 is 11.3 Å². The van der Waals surface area contributed by atoms with Crippen LogP contribution in [0.5, 0.6) is 17.2 Å². The first-order valence-corrected chi connectivity index (χ1v) is 14.9. The molecule has 3 heterocycles. The first kappa shape index (κ1) is 26.9. The molecular formula is C35H28N2O5S. The van der Waals surface area contributed by atoms with E-state index in [0.29, 0.717) is 34.2 Å². The minimum Gasteiger partial charge on any atom is -0.507 e. The average Bonchev–Trinajstić information content (AvgIpc) is 3.66. The topological polar surface area (TPSA) is 89.0 Å². The molecule has 4 aromatic carbocycles. The number of rotatable bonds is 5. The maximum absolute atomic E-state index is 13.8. The van der Waals surface area contributed by atoms with Gasteiger partial charge in [-0.1, -0.05) is 47.7 Å². The fourth-order valence-corrected chi connectivity index (χ4v) is 7.07. The van der Waals surface area contributed by atoms with Gasteiger partial charge in [0.05, 0.1) is 21.8 Å². The number of fused-ring (bicyclic) bond motifs is 2. The summed E-state index contributed by atoms with van der Waals surface area (Å²) in [5, 5.41) is 12.1. The molecule has 1 amide bonds. The van der Waals surface area contributed by atoms with Crippen LogP contribution in [0.1, 0.15) is 40.8 Å². The molecule has 1 saturated heterocycles. The minimum atomic E-state index is -0.926. The Morgan fingerprint density at radius 3 is 2.58 bits per heavy atom. The summed E-state index contributed by atoms with van der Waals surface area (Å²) in [5.74, 6) is 0.193. The summed E-state index contributed by atoms with van der Waals surface area (Å²) >= 11 is 1.35. The van der Waals surface area contributed by atoms with Gasteiger partial charge in [-0.25, -0.2) is 4.98 Å². The summed E-state index contributed by atoms with van der Waals surface area (Å²) in [6, 6.07) is 25.1. The number of aromatic nitrogens is 1. The third-order valence-electron chi connectivity index (χ3n) is 7.79. The van der Waals surface area contributed by atoms with Gasteiger partial charge in [0, 0.05) is 12.0 Å². The van der Waals surface area contributed by atoms with Gasteiger partial charge >= 0.3 is 5.91 Å². The van der Waals surface area contributed by atoms with Gasteiger partial charge in [-0.2, -0.15) is 0 Å². The fourth-order valence-electron chi connectivity index (χ4n) is 5.90. The van der Waals surface area contributed by atoms with Crippen LogP contribution in [0, 0.1) is 13.8 Å². The monoisotopic (exact) mass is 588 g/mol. The fraction of sp³-hybridized carbons (Fsp3) is 0.171. The van der Waals surface area contributed by atoms with E-state index in [1.54, 1.807) is 18.2 Å². The lowest BCUT2D eigenvalue weighted by Crippen LogP contribution is -2.29. The summed E-state index contributed by atoms with van der Waals surface area (Å²) in [4.78, 5) is 33.9. The van der Waals surface area contributed by atoms with Crippen molar-refractivity contribution in [2.45, 2.75) is 39.3 Å². The minimum absolute atomic E-state index is 0.000864. The van der Waals surface area contributed by atoms with Crippen LogP contribution in [0.2, 0.25) is 0 Å².